The first-order valence-corrected chi connectivity index (χ1v) is 19.8. The summed E-state index contributed by atoms with van der Waals surface area (Å²) in [5, 5.41) is 5.37. The Morgan fingerprint density at radius 3 is 0.848 bits per heavy atom. The van der Waals surface area contributed by atoms with Crippen LogP contribution in [0.15, 0.2) is 72.8 Å². The third-order valence-corrected chi connectivity index (χ3v) is 13.7. The predicted molar refractivity (Wildman–Crippen MR) is 200 cm³/mol. The molecule has 4 aromatic rings. The summed E-state index contributed by atoms with van der Waals surface area (Å²) in [7, 11) is -1.84. The summed E-state index contributed by atoms with van der Waals surface area (Å²) in [5.41, 5.74) is 10.5. The van der Waals surface area contributed by atoms with E-state index < -0.39 is 16.3 Å². The molecular weight excluding hydrogens is 598 g/mol. The van der Waals surface area contributed by atoms with Crippen LogP contribution in [0.25, 0.3) is 0 Å². The summed E-state index contributed by atoms with van der Waals surface area (Å²) in [6.45, 7) is 17.7. The Bertz CT molecular complexity index is 1380. The van der Waals surface area contributed by atoms with Gasteiger partial charge in [0.05, 0.1) is 28.5 Å². The first-order valence-electron chi connectivity index (χ1n) is 17.3. The van der Waals surface area contributed by atoms with Crippen molar-refractivity contribution in [1.82, 2.24) is 0 Å². The summed E-state index contributed by atoms with van der Waals surface area (Å²) in [5.74, 6) is 1.06. The van der Waals surface area contributed by atoms with Gasteiger partial charge in [-0.25, -0.2) is 0 Å². The smallest absolute Gasteiger partial charge is 0.0922 e. The van der Waals surface area contributed by atoms with Crippen molar-refractivity contribution in [3.8, 4) is 0 Å². The van der Waals surface area contributed by atoms with Crippen LogP contribution in [-0.2, 0) is 9.05 Å². The molecule has 4 atom stereocenters. The fourth-order valence-corrected chi connectivity index (χ4v) is 13.0. The molecule has 46 heavy (non-hydrogen) atoms. The Kier molecular flexibility index (Phi) is 10.5. The summed E-state index contributed by atoms with van der Waals surface area (Å²) in [6, 6.07) is 28.0. The maximum Gasteiger partial charge on any atom is 0.0922 e. The van der Waals surface area contributed by atoms with E-state index in [-0.39, 0.29) is 12.2 Å². The minimum Gasteiger partial charge on any atom is -0.346 e. The highest BCUT2D eigenvalue weighted by atomic mass is 31.1. The molecule has 0 aliphatic heterocycles. The molecule has 4 aromatic carbocycles. The summed E-state index contributed by atoms with van der Waals surface area (Å²) in [6.07, 6.45) is 7.77. The first-order chi connectivity index (χ1) is 22.0. The van der Waals surface area contributed by atoms with E-state index in [4.69, 9.17) is 9.05 Å². The SMILES string of the molecule is Cc1cc(C)cc(P(O[C@H]2CCC[C@@H]2[C@H]2CCC[C@@H]2OP(c2cc(C)cc(C)c2)c2cc(C)cc(C)c2)c2cc(C)cc(C)c2)c1. The predicted octanol–water partition coefficient (Wildman–Crippen LogP) is 9.92. The highest BCUT2D eigenvalue weighted by Gasteiger charge is 2.43. The largest absolute Gasteiger partial charge is 0.346 e. The van der Waals surface area contributed by atoms with Crippen molar-refractivity contribution >= 4 is 37.5 Å². The monoisotopic (exact) mass is 650 g/mol. The lowest BCUT2D eigenvalue weighted by atomic mass is 9.86. The Hall–Kier alpha value is -2.34. The van der Waals surface area contributed by atoms with Gasteiger partial charge >= 0.3 is 0 Å². The summed E-state index contributed by atoms with van der Waals surface area (Å²) in [4.78, 5) is 0. The number of hydrogen-bond acceptors (Lipinski definition) is 2. The Balaban J connectivity index is 1.31. The van der Waals surface area contributed by atoms with Gasteiger partial charge in [0.15, 0.2) is 0 Å². The molecule has 2 fully saturated rings. The topological polar surface area (TPSA) is 18.5 Å². The standard InChI is InChI=1S/C42H52O2P2/c1-27-15-28(2)20-35(19-27)45(36-21-29(3)16-30(4)22-36)43-41-13-9-11-39(41)40-12-10-14-42(40)44-46(37-23-31(5)17-32(6)24-37)38-25-33(7)18-34(8)26-38/h15-26,39-42H,9-14H2,1-8H3/t39-,40-,41+,42+/m1/s1. The molecule has 242 valence electrons. The fraction of sp³-hybridized carbons (Fsp3) is 0.429. The van der Waals surface area contributed by atoms with Crippen LogP contribution in [0.2, 0.25) is 0 Å². The van der Waals surface area contributed by atoms with Crippen molar-refractivity contribution in [2.24, 2.45) is 11.8 Å². The quantitative estimate of drug-likeness (QED) is 0.168. The molecule has 2 aliphatic carbocycles. The molecule has 0 bridgehead atoms. The molecule has 0 radical (unpaired) electrons. The normalized spacial score (nSPS) is 21.5. The van der Waals surface area contributed by atoms with Gasteiger partial charge in [0.1, 0.15) is 0 Å². The maximum atomic E-state index is 7.43. The number of benzene rings is 4. The highest BCUT2D eigenvalue weighted by Crippen LogP contribution is 2.51. The molecule has 4 heteroatoms. The van der Waals surface area contributed by atoms with Crippen molar-refractivity contribution in [3.63, 3.8) is 0 Å². The molecule has 0 N–H and O–H groups in total. The molecule has 2 nitrogen and oxygen atoms in total. The minimum absolute atomic E-state index is 0.260. The van der Waals surface area contributed by atoms with Crippen LogP contribution < -0.4 is 21.2 Å². The zero-order chi connectivity index (χ0) is 32.5. The van der Waals surface area contributed by atoms with Gasteiger partial charge in [0.25, 0.3) is 0 Å². The molecule has 0 unspecified atom stereocenters. The van der Waals surface area contributed by atoms with E-state index in [1.165, 1.54) is 91.4 Å². The van der Waals surface area contributed by atoms with Gasteiger partial charge in [0, 0.05) is 21.2 Å². The average Bonchev–Trinajstić information content (AvgIpc) is 3.61. The van der Waals surface area contributed by atoms with Crippen LogP contribution in [0.4, 0.5) is 0 Å². The van der Waals surface area contributed by atoms with Crippen LogP contribution in [0.5, 0.6) is 0 Å². The second-order valence-corrected chi connectivity index (χ2v) is 18.1. The first kappa shape index (κ1) is 33.6. The van der Waals surface area contributed by atoms with E-state index >= 15 is 0 Å². The van der Waals surface area contributed by atoms with Crippen molar-refractivity contribution in [2.75, 3.05) is 0 Å². The Morgan fingerprint density at radius 2 is 0.609 bits per heavy atom. The van der Waals surface area contributed by atoms with Crippen LogP contribution in [0, 0.1) is 67.2 Å². The van der Waals surface area contributed by atoms with Gasteiger partial charge in [-0.2, -0.15) is 0 Å². The molecule has 0 spiro atoms. The average molecular weight is 651 g/mol. The van der Waals surface area contributed by atoms with Gasteiger partial charge in [-0.15, -0.1) is 0 Å². The molecule has 0 amide bonds. The van der Waals surface area contributed by atoms with Crippen molar-refractivity contribution in [3.05, 3.63) is 117 Å². The second-order valence-electron chi connectivity index (χ2n) is 14.4. The second kappa shape index (κ2) is 14.4. The van der Waals surface area contributed by atoms with E-state index in [1.54, 1.807) is 0 Å². The Labute approximate surface area is 281 Å². The van der Waals surface area contributed by atoms with Crippen molar-refractivity contribution in [1.29, 1.82) is 0 Å². The van der Waals surface area contributed by atoms with E-state index in [2.05, 4.69) is 128 Å². The zero-order valence-electron chi connectivity index (χ0n) is 29.2. The molecule has 6 rings (SSSR count). The molecular formula is C42H52O2P2. The molecule has 2 saturated carbocycles. The number of hydrogen-bond donors (Lipinski definition) is 0. The van der Waals surface area contributed by atoms with Gasteiger partial charge in [-0.05, 0) is 141 Å². The van der Waals surface area contributed by atoms with E-state index in [0.29, 0.717) is 11.8 Å². The van der Waals surface area contributed by atoms with Crippen LogP contribution in [-0.4, -0.2) is 12.2 Å². The van der Waals surface area contributed by atoms with Crippen LogP contribution >= 0.6 is 16.3 Å². The van der Waals surface area contributed by atoms with E-state index in [1.807, 2.05) is 0 Å². The van der Waals surface area contributed by atoms with E-state index in [9.17, 15) is 0 Å². The third kappa shape index (κ3) is 7.85. The van der Waals surface area contributed by atoms with Crippen molar-refractivity contribution < 1.29 is 9.05 Å². The van der Waals surface area contributed by atoms with Crippen LogP contribution in [0.3, 0.4) is 0 Å². The Morgan fingerprint density at radius 1 is 0.370 bits per heavy atom. The summed E-state index contributed by atoms with van der Waals surface area (Å²) >= 11 is 0. The van der Waals surface area contributed by atoms with Gasteiger partial charge in [0.2, 0.25) is 0 Å². The number of rotatable bonds is 9. The lowest BCUT2D eigenvalue weighted by Crippen LogP contribution is -2.33. The molecule has 0 heterocycles. The lowest BCUT2D eigenvalue weighted by Gasteiger charge is -2.34. The zero-order valence-corrected chi connectivity index (χ0v) is 31.0. The lowest BCUT2D eigenvalue weighted by molar-refractivity contribution is 0.0789. The molecule has 0 saturated heterocycles. The number of aryl methyl sites for hydroxylation is 8. The summed E-state index contributed by atoms with van der Waals surface area (Å²) < 4.78 is 14.9. The minimum atomic E-state index is -0.922. The maximum absolute atomic E-state index is 7.43. The van der Waals surface area contributed by atoms with Gasteiger partial charge < -0.3 is 9.05 Å². The van der Waals surface area contributed by atoms with Gasteiger partial charge in [-0.1, -0.05) is 81.6 Å². The fourth-order valence-electron chi connectivity index (χ4n) is 8.23. The molecule has 0 aromatic heterocycles. The third-order valence-electron chi connectivity index (χ3n) is 9.80. The van der Waals surface area contributed by atoms with Crippen molar-refractivity contribution in [2.45, 2.75) is 106 Å². The highest BCUT2D eigenvalue weighted by molar-refractivity contribution is 7.68. The van der Waals surface area contributed by atoms with Crippen LogP contribution in [0.1, 0.15) is 83.0 Å². The van der Waals surface area contributed by atoms with E-state index in [0.717, 1.165) is 12.8 Å². The van der Waals surface area contributed by atoms with Gasteiger partial charge in [-0.3, -0.25) is 0 Å². The molecule has 2 aliphatic rings.